The molecule has 0 saturated carbocycles. The third-order valence-corrected chi connectivity index (χ3v) is 7.20. The maximum absolute atomic E-state index is 10.8. The zero-order chi connectivity index (χ0) is 29.3. The quantitative estimate of drug-likeness (QED) is 0.124. The van der Waals surface area contributed by atoms with Crippen LogP contribution in [0.25, 0.3) is 0 Å². The molecule has 6 nitrogen and oxygen atoms in total. The molecular formula is C35H46O6. The number of ether oxygens (including phenoxy) is 5. The molecule has 3 rings (SSSR count). The van der Waals surface area contributed by atoms with Crippen molar-refractivity contribution in [3.8, 4) is 11.5 Å². The number of aliphatic hydroxyl groups excluding tert-OH is 1. The van der Waals surface area contributed by atoms with Crippen molar-refractivity contribution in [3.05, 3.63) is 108 Å². The van der Waals surface area contributed by atoms with Gasteiger partial charge in [-0.2, -0.15) is 0 Å². The van der Waals surface area contributed by atoms with E-state index in [2.05, 4.69) is 12.1 Å². The van der Waals surface area contributed by atoms with E-state index in [4.69, 9.17) is 23.7 Å². The standard InChI is InChI=1S/C35H46O6/c1-5-10-34(36)27(2)35(41-26-30-16-20-32(38-4)21-17-30)23-33(40-25-29-14-18-31(37-3)19-15-29)13-9-22-39-24-28-11-7-6-8-12-28/h5-8,10-12,14-21,27,33-36H,9,13,22-26H2,1-4H3/b10-5-/t27-,33-,34?,35+/m1/s1. The van der Waals surface area contributed by atoms with Gasteiger partial charge in [-0.05, 0) is 60.7 Å². The zero-order valence-electron chi connectivity index (χ0n) is 24.9. The molecule has 0 aliphatic heterocycles. The Morgan fingerprint density at radius 2 is 1.29 bits per heavy atom. The summed E-state index contributed by atoms with van der Waals surface area (Å²) in [5, 5.41) is 10.8. The first-order valence-corrected chi connectivity index (χ1v) is 14.4. The normalized spacial score (nSPS) is 14.5. The van der Waals surface area contributed by atoms with E-state index in [9.17, 15) is 5.11 Å². The van der Waals surface area contributed by atoms with Crippen LogP contribution in [0.5, 0.6) is 11.5 Å². The molecule has 0 fully saturated rings. The minimum absolute atomic E-state index is 0.0708. The molecule has 0 heterocycles. The van der Waals surface area contributed by atoms with E-state index in [0.717, 1.165) is 35.5 Å². The van der Waals surface area contributed by atoms with Crippen LogP contribution in [-0.4, -0.2) is 44.2 Å². The van der Waals surface area contributed by atoms with Crippen LogP contribution in [0.15, 0.2) is 91.0 Å². The molecule has 0 radical (unpaired) electrons. The fourth-order valence-corrected chi connectivity index (χ4v) is 4.59. The summed E-state index contributed by atoms with van der Waals surface area (Å²) in [5.41, 5.74) is 3.29. The Balaban J connectivity index is 1.66. The molecule has 0 spiro atoms. The van der Waals surface area contributed by atoms with Crippen LogP contribution in [0.2, 0.25) is 0 Å². The van der Waals surface area contributed by atoms with Crippen LogP contribution < -0.4 is 9.47 Å². The fourth-order valence-electron chi connectivity index (χ4n) is 4.59. The van der Waals surface area contributed by atoms with E-state index in [1.54, 1.807) is 14.2 Å². The molecule has 0 aliphatic rings. The van der Waals surface area contributed by atoms with Crippen molar-refractivity contribution in [2.24, 2.45) is 5.92 Å². The van der Waals surface area contributed by atoms with Gasteiger partial charge < -0.3 is 28.8 Å². The van der Waals surface area contributed by atoms with Crippen molar-refractivity contribution < 1.29 is 28.8 Å². The summed E-state index contributed by atoms with van der Waals surface area (Å²) in [5.74, 6) is 1.51. The van der Waals surface area contributed by atoms with E-state index in [1.807, 2.05) is 92.7 Å². The van der Waals surface area contributed by atoms with Crippen LogP contribution >= 0.6 is 0 Å². The lowest BCUT2D eigenvalue weighted by atomic mass is 9.92. The van der Waals surface area contributed by atoms with Crippen molar-refractivity contribution in [2.45, 2.75) is 71.2 Å². The Kier molecular flexibility index (Phi) is 14.4. The first-order valence-electron chi connectivity index (χ1n) is 14.4. The predicted molar refractivity (Wildman–Crippen MR) is 163 cm³/mol. The minimum Gasteiger partial charge on any atom is -0.497 e. The van der Waals surface area contributed by atoms with Crippen molar-refractivity contribution in [1.82, 2.24) is 0 Å². The first kappa shape index (κ1) is 32.4. The summed E-state index contributed by atoms with van der Waals surface area (Å²) in [7, 11) is 3.32. The second-order valence-electron chi connectivity index (χ2n) is 10.3. The Morgan fingerprint density at radius 1 is 0.732 bits per heavy atom. The summed E-state index contributed by atoms with van der Waals surface area (Å²) in [4.78, 5) is 0. The highest BCUT2D eigenvalue weighted by Crippen LogP contribution is 2.25. The highest BCUT2D eigenvalue weighted by atomic mass is 16.5. The van der Waals surface area contributed by atoms with Crippen LogP contribution in [0, 0.1) is 5.92 Å². The predicted octanol–water partition coefficient (Wildman–Crippen LogP) is 7.13. The summed E-state index contributed by atoms with van der Waals surface area (Å²) in [6.07, 6.45) is 5.13. The molecule has 0 bridgehead atoms. The van der Waals surface area contributed by atoms with Gasteiger partial charge in [0.1, 0.15) is 11.5 Å². The summed E-state index contributed by atoms with van der Waals surface area (Å²) >= 11 is 0. The molecule has 3 aromatic carbocycles. The molecule has 0 saturated heterocycles. The van der Waals surface area contributed by atoms with Gasteiger partial charge in [-0.1, -0.05) is 73.7 Å². The van der Waals surface area contributed by atoms with Crippen molar-refractivity contribution in [1.29, 1.82) is 0 Å². The molecule has 1 unspecified atom stereocenters. The summed E-state index contributed by atoms with van der Waals surface area (Å²) in [6, 6.07) is 26.0. The largest absolute Gasteiger partial charge is 0.497 e. The highest BCUT2D eigenvalue weighted by Gasteiger charge is 2.27. The SMILES string of the molecule is C/C=C\C(O)[C@@H](C)[C@H](C[C@@H](CCCOCc1ccccc1)OCc1ccc(OC)cc1)OCc1ccc(OC)cc1. The lowest BCUT2D eigenvalue weighted by Gasteiger charge is -2.30. The Morgan fingerprint density at radius 3 is 1.85 bits per heavy atom. The first-order chi connectivity index (χ1) is 20.0. The maximum Gasteiger partial charge on any atom is 0.118 e. The van der Waals surface area contributed by atoms with Gasteiger partial charge in [-0.3, -0.25) is 0 Å². The topological polar surface area (TPSA) is 66.4 Å². The molecule has 4 atom stereocenters. The number of benzene rings is 3. The summed E-state index contributed by atoms with van der Waals surface area (Å²) < 4.78 is 29.5. The highest BCUT2D eigenvalue weighted by molar-refractivity contribution is 5.27. The molecule has 0 aromatic heterocycles. The van der Waals surface area contributed by atoms with E-state index in [1.165, 1.54) is 5.56 Å². The molecule has 0 aliphatic carbocycles. The van der Waals surface area contributed by atoms with Gasteiger partial charge in [0.2, 0.25) is 0 Å². The van der Waals surface area contributed by atoms with E-state index < -0.39 is 6.10 Å². The number of hydrogen-bond acceptors (Lipinski definition) is 6. The molecule has 1 N–H and O–H groups in total. The van der Waals surface area contributed by atoms with E-state index in [-0.39, 0.29) is 18.1 Å². The van der Waals surface area contributed by atoms with Crippen LogP contribution in [0.4, 0.5) is 0 Å². The van der Waals surface area contributed by atoms with Gasteiger partial charge in [0.05, 0.1) is 52.4 Å². The average molecular weight is 563 g/mol. The molecule has 222 valence electrons. The maximum atomic E-state index is 10.8. The van der Waals surface area contributed by atoms with Crippen molar-refractivity contribution >= 4 is 0 Å². The molecule has 41 heavy (non-hydrogen) atoms. The Labute approximate surface area is 245 Å². The molecule has 3 aromatic rings. The van der Waals surface area contributed by atoms with Gasteiger partial charge in [-0.25, -0.2) is 0 Å². The Hall–Kier alpha value is -3.16. The fraction of sp³-hybridized carbons (Fsp3) is 0.429. The number of hydrogen-bond donors (Lipinski definition) is 1. The Bertz CT molecular complexity index is 1110. The second kappa shape index (κ2) is 18.3. The number of rotatable bonds is 19. The number of methoxy groups -OCH3 is 2. The van der Waals surface area contributed by atoms with Gasteiger partial charge >= 0.3 is 0 Å². The number of allylic oxidation sites excluding steroid dienone is 1. The van der Waals surface area contributed by atoms with Crippen LogP contribution in [0.3, 0.4) is 0 Å². The van der Waals surface area contributed by atoms with Gasteiger partial charge in [0.15, 0.2) is 0 Å². The lowest BCUT2D eigenvalue weighted by molar-refractivity contribution is -0.0703. The zero-order valence-corrected chi connectivity index (χ0v) is 24.9. The van der Waals surface area contributed by atoms with Gasteiger partial charge in [-0.15, -0.1) is 0 Å². The van der Waals surface area contributed by atoms with Gasteiger partial charge in [0, 0.05) is 18.9 Å². The van der Waals surface area contributed by atoms with Crippen molar-refractivity contribution in [2.75, 3.05) is 20.8 Å². The van der Waals surface area contributed by atoms with E-state index >= 15 is 0 Å². The smallest absolute Gasteiger partial charge is 0.118 e. The van der Waals surface area contributed by atoms with Crippen LogP contribution in [-0.2, 0) is 34.0 Å². The third-order valence-electron chi connectivity index (χ3n) is 7.20. The van der Waals surface area contributed by atoms with Gasteiger partial charge in [0.25, 0.3) is 0 Å². The summed E-state index contributed by atoms with van der Waals surface area (Å²) in [6.45, 7) is 6.11. The average Bonchev–Trinajstić information content (AvgIpc) is 3.02. The molecular weight excluding hydrogens is 516 g/mol. The van der Waals surface area contributed by atoms with Crippen LogP contribution in [0.1, 0.15) is 49.8 Å². The second-order valence-corrected chi connectivity index (χ2v) is 10.3. The third kappa shape index (κ3) is 11.7. The van der Waals surface area contributed by atoms with E-state index in [0.29, 0.717) is 32.8 Å². The minimum atomic E-state index is -0.614. The monoisotopic (exact) mass is 562 g/mol. The number of aliphatic hydroxyl groups is 1. The molecule has 6 heteroatoms. The van der Waals surface area contributed by atoms with Crippen molar-refractivity contribution in [3.63, 3.8) is 0 Å². The molecule has 0 amide bonds. The lowest BCUT2D eigenvalue weighted by Crippen LogP contribution is -2.34.